The Kier molecular flexibility index (Phi) is 97.6. The Bertz CT molecular complexity index is 391. The molecule has 0 heterocycles. The lowest BCUT2D eigenvalue weighted by Gasteiger charge is -2.25. The Hall–Kier alpha value is 1.35. The summed E-state index contributed by atoms with van der Waals surface area (Å²) in [5, 5.41) is 42.0. The summed E-state index contributed by atoms with van der Waals surface area (Å²) in [5.74, 6) is 4.79. The predicted octanol–water partition coefficient (Wildman–Crippen LogP) is 5.30. The number of hydrogen-bond donors (Lipinski definition) is 6. The highest BCUT2D eigenvalue weighted by atomic mass is 33.1. The molecule has 0 aromatic carbocycles. The van der Waals surface area contributed by atoms with E-state index < -0.39 is 17.6 Å². The third-order valence-corrected chi connectivity index (χ3v) is 15.8. The van der Waals surface area contributed by atoms with Crippen LogP contribution in [0.1, 0.15) is 66.2 Å². The molecule has 0 fully saturated rings. The Labute approximate surface area is 302 Å². The fourth-order valence-corrected chi connectivity index (χ4v) is 11.9. The Morgan fingerprint density at radius 1 is 0.391 bits per heavy atom. The largest absolute Gasteiger partial charge is 0.500 e. The Balaban J connectivity index is -0.0000000907. The van der Waals surface area contributed by atoms with E-state index in [2.05, 4.69) is 13.8 Å². The second-order valence-corrected chi connectivity index (χ2v) is 18.6. The van der Waals surface area contributed by atoms with E-state index in [1.165, 1.54) is 37.2 Å². The molecule has 0 saturated heterocycles. The fourth-order valence-electron chi connectivity index (χ4n) is 2.73. The van der Waals surface area contributed by atoms with E-state index in [-0.39, 0.29) is 0 Å². The van der Waals surface area contributed by atoms with E-state index in [9.17, 15) is 0 Å². The summed E-state index contributed by atoms with van der Waals surface area (Å²) >= 11 is 0. The second kappa shape index (κ2) is 68.3. The lowest BCUT2D eigenvalue weighted by Crippen LogP contribution is -2.43. The molecule has 0 atom stereocenters. The molecule has 0 rings (SSSR count). The van der Waals surface area contributed by atoms with Crippen molar-refractivity contribution in [3.05, 3.63) is 0 Å². The maximum Gasteiger partial charge on any atom is 0.500 e. The van der Waals surface area contributed by atoms with Crippen LogP contribution < -0.4 is 0 Å². The van der Waals surface area contributed by atoms with Gasteiger partial charge in [-0.2, -0.15) is 0 Å². The van der Waals surface area contributed by atoms with Crippen molar-refractivity contribution in [2.24, 2.45) is 0 Å². The number of aliphatic hydroxyl groups excluding tert-OH is 6. The van der Waals surface area contributed by atoms with E-state index in [1.54, 1.807) is 28.4 Å². The van der Waals surface area contributed by atoms with Crippen molar-refractivity contribution >= 4 is 60.8 Å². The van der Waals surface area contributed by atoms with Crippen molar-refractivity contribution in [3.63, 3.8) is 0 Å². The van der Waals surface area contributed by atoms with E-state index in [1.807, 2.05) is 57.0 Å². The van der Waals surface area contributed by atoms with Crippen molar-refractivity contribution in [2.45, 2.75) is 78.3 Å². The van der Waals surface area contributed by atoms with Gasteiger partial charge in [0.2, 0.25) is 0 Å². The van der Waals surface area contributed by atoms with Crippen molar-refractivity contribution in [2.75, 3.05) is 107 Å². The molecule has 18 heteroatoms. The van der Waals surface area contributed by atoms with Gasteiger partial charge in [0.05, 0.1) is 0 Å². The summed E-state index contributed by atoms with van der Waals surface area (Å²) in [4.78, 5) is 0. The molecule has 0 saturated carbocycles. The van der Waals surface area contributed by atoms with Gasteiger partial charge in [0.1, 0.15) is 0 Å². The van der Waals surface area contributed by atoms with Gasteiger partial charge in [-0.1, -0.05) is 69.9 Å². The number of unbranched alkanes of at least 4 members (excludes halogenated alkanes) is 2. The van der Waals surface area contributed by atoms with Gasteiger partial charge in [0.15, 0.2) is 0 Å². The second-order valence-electron chi connectivity index (χ2n) is 7.25. The topological polar surface area (TPSA) is 177 Å². The van der Waals surface area contributed by atoms with Crippen LogP contribution in [0.2, 0.25) is 12.1 Å². The Morgan fingerprint density at radius 2 is 0.609 bits per heavy atom. The maximum atomic E-state index is 7.00. The van der Waals surface area contributed by atoms with Crippen LogP contribution in [0.15, 0.2) is 0 Å². The molecule has 0 aliphatic heterocycles. The average molecular weight is 789 g/mol. The van der Waals surface area contributed by atoms with Gasteiger partial charge in [-0.25, -0.2) is 0 Å². The van der Waals surface area contributed by atoms with Crippen LogP contribution in [0.5, 0.6) is 0 Å². The maximum absolute atomic E-state index is 7.00. The summed E-state index contributed by atoms with van der Waals surface area (Å²) in [6.45, 7) is 9.68. The number of rotatable bonds is 24. The van der Waals surface area contributed by atoms with Crippen LogP contribution in [0.25, 0.3) is 0 Å². The first-order valence-corrected chi connectivity index (χ1v) is 24.0. The molecule has 6 N–H and O–H groups in total. The molecule has 292 valence electrons. The van der Waals surface area contributed by atoms with Gasteiger partial charge in [0, 0.05) is 119 Å². The van der Waals surface area contributed by atoms with Crippen LogP contribution in [0.4, 0.5) is 0 Å². The zero-order valence-corrected chi connectivity index (χ0v) is 36.9. The summed E-state index contributed by atoms with van der Waals surface area (Å²) in [6, 6.07) is 1.71. The van der Waals surface area contributed by atoms with Crippen molar-refractivity contribution in [3.8, 4) is 0 Å². The third kappa shape index (κ3) is 52.2. The molecule has 0 aliphatic carbocycles. The minimum Gasteiger partial charge on any atom is -0.400 e. The summed E-state index contributed by atoms with van der Waals surface area (Å²) < 4.78 is 33.4. The molecule has 12 nitrogen and oxygen atoms in total. The summed E-state index contributed by atoms with van der Waals surface area (Å²) in [5.41, 5.74) is 0. The van der Waals surface area contributed by atoms with E-state index in [4.69, 9.17) is 57.2 Å². The first kappa shape index (κ1) is 65.7. The van der Waals surface area contributed by atoms with Crippen LogP contribution in [0.3, 0.4) is 0 Å². The minimum absolute atomic E-state index is 0.625. The first-order valence-electron chi connectivity index (χ1n) is 15.1. The predicted molar refractivity (Wildman–Crippen MR) is 210 cm³/mol. The smallest absolute Gasteiger partial charge is 0.400 e. The molecule has 0 aromatic heterocycles. The number of aliphatic hydroxyl groups is 6. The average Bonchev–Trinajstić information content (AvgIpc) is 3.15. The highest BCUT2D eigenvalue weighted by molar-refractivity contribution is 8.77. The van der Waals surface area contributed by atoms with E-state index in [0.29, 0.717) is 13.2 Å². The van der Waals surface area contributed by atoms with Gasteiger partial charge in [0.25, 0.3) is 0 Å². The molecular formula is C28H76O12S4Si2. The minimum atomic E-state index is -2.43. The zero-order chi connectivity index (χ0) is 38.0. The van der Waals surface area contributed by atoms with Gasteiger partial charge < -0.3 is 57.2 Å². The van der Waals surface area contributed by atoms with Crippen LogP contribution in [-0.2, 0) is 26.6 Å². The van der Waals surface area contributed by atoms with Crippen LogP contribution in [0, 0.1) is 0 Å². The SMILES string of the molecule is CCCCSSCCCC.CCO[Si](CCCSSCCC[Si](OC)(OC)OCC)(OC)OC.CO.CO.CO.CO.CO.CO. The van der Waals surface area contributed by atoms with Gasteiger partial charge >= 0.3 is 17.6 Å². The highest BCUT2D eigenvalue weighted by Crippen LogP contribution is 2.28. The molecule has 0 bridgehead atoms. The fraction of sp³-hybridized carbons (Fsp3) is 1.00. The molecule has 0 spiro atoms. The Morgan fingerprint density at radius 3 is 0.783 bits per heavy atom. The van der Waals surface area contributed by atoms with E-state index >= 15 is 0 Å². The monoisotopic (exact) mass is 788 g/mol. The molecule has 0 unspecified atom stereocenters. The number of hydrogen-bond acceptors (Lipinski definition) is 16. The lowest BCUT2D eigenvalue weighted by atomic mass is 10.4. The highest BCUT2D eigenvalue weighted by Gasteiger charge is 2.38. The molecule has 46 heavy (non-hydrogen) atoms. The lowest BCUT2D eigenvalue weighted by molar-refractivity contribution is 0.103. The van der Waals surface area contributed by atoms with Crippen molar-refractivity contribution in [1.29, 1.82) is 0 Å². The molecular weight excluding hydrogens is 713 g/mol. The quantitative estimate of drug-likeness (QED) is 0.0422. The van der Waals surface area contributed by atoms with E-state index in [0.717, 1.165) is 79.1 Å². The van der Waals surface area contributed by atoms with Gasteiger partial charge in [-0.15, -0.1) is 0 Å². The first-order chi connectivity index (χ1) is 22.5. The summed E-state index contributed by atoms with van der Waals surface area (Å²) in [7, 11) is 15.7. The molecule has 0 amide bonds. The van der Waals surface area contributed by atoms with Crippen LogP contribution >= 0.6 is 43.2 Å². The van der Waals surface area contributed by atoms with Gasteiger partial charge in [-0.05, 0) is 39.5 Å². The molecule has 0 aliphatic rings. The zero-order valence-electron chi connectivity index (χ0n) is 31.7. The van der Waals surface area contributed by atoms with Crippen molar-refractivity contribution in [1.82, 2.24) is 0 Å². The van der Waals surface area contributed by atoms with Gasteiger partial charge in [-0.3, -0.25) is 0 Å². The molecule has 0 radical (unpaired) electrons. The normalized spacial score (nSPS) is 9.65. The van der Waals surface area contributed by atoms with Crippen molar-refractivity contribution < 1.29 is 57.2 Å². The standard InChI is InChI=1S/C14H34O6S2Si2.C8H18S2.6CH4O/c1-7-19-23(15-3,16-4)13-9-11-21-22-12-10-14-24(17-5,18-6)20-8-2;1-3-5-7-9-10-8-6-4-2;6*1-2/h7-14H2,1-6H3;3-8H2,1-2H3;6*2H,1H3. The summed E-state index contributed by atoms with van der Waals surface area (Å²) in [6.07, 6.45) is 7.48. The third-order valence-electron chi connectivity index (χ3n) is 4.72. The van der Waals surface area contributed by atoms with Crippen LogP contribution in [-0.4, -0.2) is 156 Å². The molecule has 0 aromatic rings.